The summed E-state index contributed by atoms with van der Waals surface area (Å²) >= 11 is 0. The lowest BCUT2D eigenvalue weighted by molar-refractivity contribution is -0.339. The second-order valence-corrected chi connectivity index (χ2v) is 6.50. The van der Waals surface area contributed by atoms with Crippen LogP contribution in [-0.4, -0.2) is 75.5 Å². The van der Waals surface area contributed by atoms with Crippen LogP contribution in [0.3, 0.4) is 0 Å². The highest BCUT2D eigenvalue weighted by Gasteiger charge is 2.74. The molecule has 0 radical (unpaired) electrons. The van der Waals surface area contributed by atoms with Crippen LogP contribution in [0.5, 0.6) is 0 Å². The Hall–Kier alpha value is -0.720. The lowest BCUT2D eigenvalue weighted by atomic mass is 9.98. The fourth-order valence-corrected chi connectivity index (χ4v) is 2.21. The van der Waals surface area contributed by atoms with Crippen molar-refractivity contribution < 1.29 is 54.1 Å². The highest BCUT2D eigenvalue weighted by atomic mass is 19.4. The fourth-order valence-electron chi connectivity index (χ4n) is 2.21. The quantitative estimate of drug-likeness (QED) is 0.321. The maximum absolute atomic E-state index is 13.5. The summed E-state index contributed by atoms with van der Waals surface area (Å²) in [6.07, 6.45) is -8.43. The molecule has 2 heterocycles. The maximum atomic E-state index is 13.5. The molecule has 0 aromatic rings. The number of hydrogen-bond donors (Lipinski definition) is 0. The van der Waals surface area contributed by atoms with Gasteiger partial charge in [-0.1, -0.05) is 0 Å². The molecule has 2 aliphatic rings. The van der Waals surface area contributed by atoms with Gasteiger partial charge in [0.15, 0.2) is 0 Å². The normalized spacial score (nSPS) is 24.3. The van der Waals surface area contributed by atoms with Gasteiger partial charge in [-0.2, -0.15) is 26.3 Å². The van der Waals surface area contributed by atoms with E-state index >= 15 is 0 Å². The van der Waals surface area contributed by atoms with E-state index in [0.29, 0.717) is 13.2 Å². The molecule has 0 aromatic carbocycles. The molecule has 12 heteroatoms. The van der Waals surface area contributed by atoms with Crippen LogP contribution in [-0.2, 0) is 18.9 Å². The summed E-state index contributed by atoms with van der Waals surface area (Å²) in [6, 6.07) is 0. The van der Waals surface area contributed by atoms with Gasteiger partial charge in [-0.05, 0) is 12.8 Å². The van der Waals surface area contributed by atoms with Crippen LogP contribution < -0.4 is 0 Å². The largest absolute Gasteiger partial charge is 0.377 e. The average molecular weight is 416 g/mol. The standard InChI is InChI=1S/C15H20F8O4/c16-12(17)14(20,21)15(22,23)13(18,19)3-1-2-9(25-7-11-8-27-11)4-24-5-10-6-26-10/h9-12H,1-8H2. The Balaban J connectivity index is 1.82. The third-order valence-electron chi connectivity index (χ3n) is 4.10. The summed E-state index contributed by atoms with van der Waals surface area (Å²) in [6.45, 7) is 1.35. The highest BCUT2D eigenvalue weighted by Crippen LogP contribution is 2.50. The lowest BCUT2D eigenvalue weighted by Gasteiger charge is -2.32. The van der Waals surface area contributed by atoms with E-state index in [-0.39, 0.29) is 38.4 Å². The van der Waals surface area contributed by atoms with E-state index < -0.39 is 43.1 Å². The Labute approximate surface area is 150 Å². The zero-order valence-electron chi connectivity index (χ0n) is 14.1. The molecule has 0 amide bonds. The molecule has 2 saturated heterocycles. The van der Waals surface area contributed by atoms with E-state index in [4.69, 9.17) is 18.9 Å². The molecular formula is C15H20F8O4. The molecule has 0 spiro atoms. The van der Waals surface area contributed by atoms with Gasteiger partial charge in [0.2, 0.25) is 0 Å². The molecule has 3 atom stereocenters. The van der Waals surface area contributed by atoms with Crippen LogP contribution in [0.4, 0.5) is 35.1 Å². The highest BCUT2D eigenvalue weighted by molar-refractivity contribution is 4.97. The van der Waals surface area contributed by atoms with Crippen molar-refractivity contribution in [2.75, 3.05) is 33.0 Å². The topological polar surface area (TPSA) is 43.5 Å². The van der Waals surface area contributed by atoms with Gasteiger partial charge in [-0.25, -0.2) is 8.78 Å². The number of alkyl halides is 8. The number of halogens is 8. The van der Waals surface area contributed by atoms with E-state index in [2.05, 4.69) is 0 Å². The van der Waals surface area contributed by atoms with Crippen LogP contribution in [0.25, 0.3) is 0 Å². The van der Waals surface area contributed by atoms with Crippen molar-refractivity contribution in [3.05, 3.63) is 0 Å². The first kappa shape index (κ1) is 22.6. The summed E-state index contributed by atoms with van der Waals surface area (Å²) < 4.78 is 124. The SMILES string of the molecule is FC(F)C(F)(F)C(F)(F)C(F)(F)CCCC(COCC1CO1)OCC1CO1. The number of rotatable bonds is 14. The molecule has 160 valence electrons. The average Bonchev–Trinajstić information content (AvgIpc) is 3.45. The van der Waals surface area contributed by atoms with Gasteiger partial charge in [-0.15, -0.1) is 0 Å². The molecule has 2 fully saturated rings. The minimum Gasteiger partial charge on any atom is -0.376 e. The first-order valence-electron chi connectivity index (χ1n) is 8.31. The van der Waals surface area contributed by atoms with E-state index in [9.17, 15) is 35.1 Å². The monoisotopic (exact) mass is 416 g/mol. The Morgan fingerprint density at radius 3 is 2.00 bits per heavy atom. The number of hydrogen-bond acceptors (Lipinski definition) is 4. The molecule has 2 aliphatic heterocycles. The van der Waals surface area contributed by atoms with Crippen molar-refractivity contribution in [3.8, 4) is 0 Å². The van der Waals surface area contributed by atoms with Crippen LogP contribution in [0.2, 0.25) is 0 Å². The van der Waals surface area contributed by atoms with Crippen molar-refractivity contribution >= 4 is 0 Å². The zero-order valence-corrected chi connectivity index (χ0v) is 14.1. The second kappa shape index (κ2) is 8.75. The van der Waals surface area contributed by atoms with Crippen molar-refractivity contribution in [3.63, 3.8) is 0 Å². The molecule has 27 heavy (non-hydrogen) atoms. The van der Waals surface area contributed by atoms with Crippen LogP contribution in [0.15, 0.2) is 0 Å². The Morgan fingerprint density at radius 2 is 1.48 bits per heavy atom. The molecule has 2 rings (SSSR count). The summed E-state index contributed by atoms with van der Waals surface area (Å²) in [5.74, 6) is -17.6. The second-order valence-electron chi connectivity index (χ2n) is 6.50. The third-order valence-corrected chi connectivity index (χ3v) is 4.10. The van der Waals surface area contributed by atoms with E-state index in [0.717, 1.165) is 0 Å². The molecule has 0 saturated carbocycles. The molecule has 0 aliphatic carbocycles. The zero-order chi connectivity index (χ0) is 20.3. The van der Waals surface area contributed by atoms with Gasteiger partial charge in [0.05, 0.1) is 39.1 Å². The third kappa shape index (κ3) is 6.13. The molecule has 4 nitrogen and oxygen atoms in total. The summed E-state index contributed by atoms with van der Waals surface area (Å²) in [5.41, 5.74) is 0. The molecule has 0 bridgehead atoms. The minimum absolute atomic E-state index is 0.0399. The smallest absolute Gasteiger partial charge is 0.376 e. The summed E-state index contributed by atoms with van der Waals surface area (Å²) in [4.78, 5) is 0. The van der Waals surface area contributed by atoms with Crippen LogP contribution in [0.1, 0.15) is 19.3 Å². The minimum atomic E-state index is -6.17. The van der Waals surface area contributed by atoms with E-state index in [1.54, 1.807) is 0 Å². The lowest BCUT2D eigenvalue weighted by Crippen LogP contribution is -2.57. The molecule has 3 unspecified atom stereocenters. The van der Waals surface area contributed by atoms with Crippen molar-refractivity contribution in [1.29, 1.82) is 0 Å². The van der Waals surface area contributed by atoms with Crippen LogP contribution >= 0.6 is 0 Å². The first-order chi connectivity index (χ1) is 12.5. The summed E-state index contributed by atoms with van der Waals surface area (Å²) in [5, 5.41) is 0. The van der Waals surface area contributed by atoms with Gasteiger partial charge < -0.3 is 18.9 Å². The Kier molecular flexibility index (Phi) is 7.31. The van der Waals surface area contributed by atoms with Crippen molar-refractivity contribution in [2.45, 2.75) is 61.8 Å². The van der Waals surface area contributed by atoms with Crippen molar-refractivity contribution in [2.24, 2.45) is 0 Å². The predicted octanol–water partition coefficient (Wildman–Crippen LogP) is 3.53. The van der Waals surface area contributed by atoms with Gasteiger partial charge in [0.25, 0.3) is 0 Å². The number of ether oxygens (including phenoxy) is 4. The fraction of sp³-hybridized carbons (Fsp3) is 1.00. The van der Waals surface area contributed by atoms with Crippen molar-refractivity contribution in [1.82, 2.24) is 0 Å². The predicted molar refractivity (Wildman–Crippen MR) is 74.7 cm³/mol. The number of epoxide rings is 2. The molecular weight excluding hydrogens is 396 g/mol. The summed E-state index contributed by atoms with van der Waals surface area (Å²) in [7, 11) is 0. The first-order valence-corrected chi connectivity index (χ1v) is 8.31. The Morgan fingerprint density at radius 1 is 0.926 bits per heavy atom. The van der Waals surface area contributed by atoms with E-state index in [1.165, 1.54) is 0 Å². The Bertz CT molecular complexity index is 469. The van der Waals surface area contributed by atoms with Gasteiger partial charge in [0.1, 0.15) is 12.2 Å². The molecule has 0 aromatic heterocycles. The molecule has 0 N–H and O–H groups in total. The van der Waals surface area contributed by atoms with Gasteiger partial charge in [0, 0.05) is 6.42 Å². The van der Waals surface area contributed by atoms with Crippen LogP contribution in [0, 0.1) is 0 Å². The van der Waals surface area contributed by atoms with Gasteiger partial charge >= 0.3 is 24.2 Å². The maximum Gasteiger partial charge on any atom is 0.377 e. The van der Waals surface area contributed by atoms with E-state index in [1.807, 2.05) is 0 Å². The van der Waals surface area contributed by atoms with Gasteiger partial charge in [-0.3, -0.25) is 0 Å².